The number of hydrogen-bond donors (Lipinski definition) is 0. The summed E-state index contributed by atoms with van der Waals surface area (Å²) in [7, 11) is 0. The van der Waals surface area contributed by atoms with Crippen molar-refractivity contribution < 1.29 is 0 Å². The number of alkyl halides is 2. The molecule has 0 rings (SSSR count). The molecule has 0 nitrogen and oxygen atoms in total. The fourth-order valence-corrected chi connectivity index (χ4v) is 0. The van der Waals surface area contributed by atoms with Gasteiger partial charge in [0.05, 0.1) is 3.78 Å². The van der Waals surface area contributed by atoms with Crippen LogP contribution in [0.15, 0.2) is 0 Å². The highest BCUT2D eigenvalue weighted by molar-refractivity contribution is 9.10. The molecular weight excluding hydrogens is 163 g/mol. The zero-order valence-electron chi connectivity index (χ0n) is 3.96. The Hall–Kier alpha value is 0.770. The first kappa shape index (κ1) is 6.77. The van der Waals surface area contributed by atoms with E-state index in [4.69, 9.17) is 11.6 Å². The van der Waals surface area contributed by atoms with Gasteiger partial charge in [-0.05, 0) is 13.3 Å². The van der Waals surface area contributed by atoms with Gasteiger partial charge in [-0.3, -0.25) is 0 Å². The van der Waals surface area contributed by atoms with E-state index in [9.17, 15) is 0 Å². The summed E-state index contributed by atoms with van der Waals surface area (Å²) in [6.07, 6.45) is 0.953. The molecule has 0 aromatic carbocycles. The van der Waals surface area contributed by atoms with Crippen LogP contribution in [0.4, 0.5) is 0 Å². The van der Waals surface area contributed by atoms with Crippen LogP contribution in [0.1, 0.15) is 20.3 Å². The molecule has 0 fully saturated rings. The van der Waals surface area contributed by atoms with Gasteiger partial charge >= 0.3 is 0 Å². The first-order valence-electron chi connectivity index (χ1n) is 1.94. The van der Waals surface area contributed by atoms with Crippen LogP contribution < -0.4 is 0 Å². The van der Waals surface area contributed by atoms with E-state index in [0.717, 1.165) is 6.42 Å². The van der Waals surface area contributed by atoms with Gasteiger partial charge in [0.1, 0.15) is 0 Å². The molecule has 0 aromatic heterocycles. The van der Waals surface area contributed by atoms with Gasteiger partial charge in [-0.1, -0.05) is 22.9 Å². The van der Waals surface area contributed by atoms with Crippen molar-refractivity contribution in [1.29, 1.82) is 0 Å². The molecule has 0 saturated heterocycles. The molecule has 2 heteroatoms. The minimum Gasteiger partial charge on any atom is -0.107 e. The molecule has 0 aromatic rings. The maximum absolute atomic E-state index is 5.63. The van der Waals surface area contributed by atoms with Crippen LogP contribution in [0.25, 0.3) is 0 Å². The standard InChI is InChI=1S/C4H8BrCl/c1-3-4(2,5)6/h3H2,1-2H3. The molecule has 1 unspecified atom stereocenters. The summed E-state index contributed by atoms with van der Waals surface area (Å²) >= 11 is 8.88. The van der Waals surface area contributed by atoms with E-state index in [-0.39, 0.29) is 3.78 Å². The van der Waals surface area contributed by atoms with E-state index in [1.165, 1.54) is 0 Å². The van der Waals surface area contributed by atoms with E-state index in [1.807, 2.05) is 13.8 Å². The predicted octanol–water partition coefficient (Wildman–Crippen LogP) is 2.75. The van der Waals surface area contributed by atoms with Crippen molar-refractivity contribution in [2.75, 3.05) is 0 Å². The summed E-state index contributed by atoms with van der Waals surface area (Å²) in [6.45, 7) is 3.95. The Balaban J connectivity index is 3.17. The van der Waals surface area contributed by atoms with Gasteiger partial charge in [0.2, 0.25) is 0 Å². The molecule has 0 saturated carbocycles. The summed E-state index contributed by atoms with van der Waals surface area (Å²) in [5.41, 5.74) is 0. The Labute approximate surface area is 52.0 Å². The van der Waals surface area contributed by atoms with E-state index >= 15 is 0 Å². The van der Waals surface area contributed by atoms with Gasteiger partial charge in [-0.25, -0.2) is 0 Å². The molecule has 0 N–H and O–H groups in total. The highest BCUT2D eigenvalue weighted by atomic mass is 79.9. The molecule has 1 atom stereocenters. The van der Waals surface area contributed by atoms with Crippen LogP contribution in [0.3, 0.4) is 0 Å². The molecule has 0 aliphatic carbocycles. The fraction of sp³-hybridized carbons (Fsp3) is 1.00. The molecule has 0 spiro atoms. The Morgan fingerprint density at radius 3 is 2.00 bits per heavy atom. The highest BCUT2D eigenvalue weighted by Crippen LogP contribution is 2.25. The van der Waals surface area contributed by atoms with Gasteiger partial charge in [-0.2, -0.15) is 0 Å². The fourth-order valence-electron chi connectivity index (χ4n) is 0. The van der Waals surface area contributed by atoms with Crippen LogP contribution in [0, 0.1) is 0 Å². The summed E-state index contributed by atoms with van der Waals surface area (Å²) in [6, 6.07) is 0. The third-order valence-corrected chi connectivity index (χ3v) is 1.45. The zero-order chi connectivity index (χ0) is 5.21. The summed E-state index contributed by atoms with van der Waals surface area (Å²) in [5.74, 6) is 0. The van der Waals surface area contributed by atoms with Gasteiger partial charge in [0.25, 0.3) is 0 Å². The third-order valence-electron chi connectivity index (χ3n) is 0.621. The minimum atomic E-state index is -0.174. The van der Waals surface area contributed by atoms with Crippen molar-refractivity contribution in [2.45, 2.75) is 24.1 Å². The Morgan fingerprint density at radius 2 is 2.00 bits per heavy atom. The van der Waals surface area contributed by atoms with Crippen molar-refractivity contribution >= 4 is 27.5 Å². The summed E-state index contributed by atoms with van der Waals surface area (Å²) < 4.78 is -0.174. The predicted molar refractivity (Wildman–Crippen MR) is 33.5 cm³/mol. The topological polar surface area (TPSA) is 0 Å². The van der Waals surface area contributed by atoms with Crippen LogP contribution in [-0.4, -0.2) is 3.78 Å². The van der Waals surface area contributed by atoms with Crippen LogP contribution in [-0.2, 0) is 0 Å². The van der Waals surface area contributed by atoms with Crippen LogP contribution >= 0.6 is 27.5 Å². The van der Waals surface area contributed by atoms with Crippen molar-refractivity contribution in [1.82, 2.24) is 0 Å². The normalized spacial score (nSPS) is 20.0. The Kier molecular flexibility index (Phi) is 2.45. The lowest BCUT2D eigenvalue weighted by molar-refractivity contribution is 0.850. The van der Waals surface area contributed by atoms with Gasteiger partial charge in [0, 0.05) is 0 Å². The van der Waals surface area contributed by atoms with Crippen molar-refractivity contribution in [2.24, 2.45) is 0 Å². The molecule has 0 radical (unpaired) electrons. The van der Waals surface area contributed by atoms with Crippen molar-refractivity contribution in [3.8, 4) is 0 Å². The highest BCUT2D eigenvalue weighted by Gasteiger charge is 2.09. The third kappa shape index (κ3) is 4.77. The van der Waals surface area contributed by atoms with Gasteiger partial charge in [-0.15, -0.1) is 11.6 Å². The molecule has 0 heterocycles. The van der Waals surface area contributed by atoms with Gasteiger partial charge < -0.3 is 0 Å². The largest absolute Gasteiger partial charge is 0.107 e. The quantitative estimate of drug-likeness (QED) is 0.532. The van der Waals surface area contributed by atoms with Crippen molar-refractivity contribution in [3.63, 3.8) is 0 Å². The smallest absolute Gasteiger partial charge is 0.0962 e. The van der Waals surface area contributed by atoms with E-state index in [0.29, 0.717) is 0 Å². The second-order valence-corrected chi connectivity index (χ2v) is 4.46. The molecular formula is C4H8BrCl. The minimum absolute atomic E-state index is 0.174. The SMILES string of the molecule is CCC(C)(Cl)Br. The number of halogens is 2. The lowest BCUT2D eigenvalue weighted by Gasteiger charge is -2.06. The second-order valence-electron chi connectivity index (χ2n) is 1.42. The zero-order valence-corrected chi connectivity index (χ0v) is 6.30. The second kappa shape index (κ2) is 2.17. The summed E-state index contributed by atoms with van der Waals surface area (Å²) in [4.78, 5) is 0. The molecule has 38 valence electrons. The van der Waals surface area contributed by atoms with E-state index in [1.54, 1.807) is 0 Å². The van der Waals surface area contributed by atoms with Crippen molar-refractivity contribution in [3.05, 3.63) is 0 Å². The average Bonchev–Trinajstić information content (AvgIpc) is 1.35. The van der Waals surface area contributed by atoms with Crippen LogP contribution in [0.5, 0.6) is 0 Å². The van der Waals surface area contributed by atoms with Gasteiger partial charge in [0.15, 0.2) is 0 Å². The monoisotopic (exact) mass is 170 g/mol. The maximum Gasteiger partial charge on any atom is 0.0962 e. The van der Waals surface area contributed by atoms with E-state index < -0.39 is 0 Å². The first-order chi connectivity index (χ1) is 2.56. The lowest BCUT2D eigenvalue weighted by Crippen LogP contribution is -1.99. The molecule has 0 bridgehead atoms. The average molecular weight is 171 g/mol. The van der Waals surface area contributed by atoms with E-state index in [2.05, 4.69) is 15.9 Å². The molecule has 0 amide bonds. The first-order valence-corrected chi connectivity index (χ1v) is 3.11. The Bertz CT molecular complexity index is 37.3. The molecule has 0 aliphatic rings. The lowest BCUT2D eigenvalue weighted by atomic mass is 10.4. The molecule has 6 heavy (non-hydrogen) atoms. The maximum atomic E-state index is 5.63. The number of hydrogen-bond acceptors (Lipinski definition) is 0. The molecule has 0 aliphatic heterocycles. The van der Waals surface area contributed by atoms with Crippen LogP contribution in [0.2, 0.25) is 0 Å². The Morgan fingerprint density at radius 1 is 1.83 bits per heavy atom. The number of rotatable bonds is 1. The summed E-state index contributed by atoms with van der Waals surface area (Å²) in [5, 5.41) is 0.